The largest absolute Gasteiger partial charge is 0.390 e. The Balaban J connectivity index is 2.03. The molecule has 0 aliphatic carbocycles. The fourth-order valence-corrected chi connectivity index (χ4v) is 2.81. The number of likely N-dealkylation sites (tertiary alicyclic amines) is 1. The first kappa shape index (κ1) is 17.0. The Morgan fingerprint density at radius 1 is 1.45 bits per heavy atom. The molecule has 1 aromatic carbocycles. The first-order chi connectivity index (χ1) is 10.4. The van der Waals surface area contributed by atoms with Crippen LogP contribution in [0, 0.1) is 0 Å². The zero-order valence-corrected chi connectivity index (χ0v) is 13.8. The number of hydrogen-bond acceptors (Lipinski definition) is 3. The predicted molar refractivity (Wildman–Crippen MR) is 87.0 cm³/mol. The molecular formula is C18H27NO3. The van der Waals surface area contributed by atoms with E-state index in [4.69, 9.17) is 4.74 Å². The van der Waals surface area contributed by atoms with Crippen LogP contribution in [0.3, 0.4) is 0 Å². The molecule has 1 aliphatic heterocycles. The van der Waals surface area contributed by atoms with Gasteiger partial charge in [-0.3, -0.25) is 4.79 Å². The standard InChI is InChI=1S/C18H27NO3/c1-18(2,21)10-9-14-6-4-7-15(12-14)17(20)19-11-5-8-16(13-19)22-3/h4,6-7,12,16,21H,5,8-11,13H2,1-3H3. The van der Waals surface area contributed by atoms with Gasteiger partial charge in [-0.25, -0.2) is 0 Å². The second-order valence-electron chi connectivity index (χ2n) is 6.76. The number of ether oxygens (including phenoxy) is 1. The number of carbonyl (C=O) groups is 1. The fourth-order valence-electron chi connectivity index (χ4n) is 2.81. The minimum atomic E-state index is -0.682. The topological polar surface area (TPSA) is 49.8 Å². The number of amides is 1. The molecule has 1 aromatic rings. The normalized spacial score (nSPS) is 19.3. The summed E-state index contributed by atoms with van der Waals surface area (Å²) in [6.07, 6.45) is 3.61. The average molecular weight is 305 g/mol. The third-order valence-electron chi connectivity index (χ3n) is 4.20. The van der Waals surface area contributed by atoms with Crippen molar-refractivity contribution in [2.45, 2.75) is 51.2 Å². The van der Waals surface area contributed by atoms with E-state index in [0.717, 1.165) is 36.9 Å². The maximum atomic E-state index is 12.6. The number of benzene rings is 1. The van der Waals surface area contributed by atoms with Gasteiger partial charge in [-0.05, 0) is 57.2 Å². The lowest BCUT2D eigenvalue weighted by Gasteiger charge is -2.32. The number of rotatable bonds is 5. The molecule has 0 saturated carbocycles. The van der Waals surface area contributed by atoms with E-state index in [1.165, 1.54) is 0 Å². The number of piperidine rings is 1. The first-order valence-corrected chi connectivity index (χ1v) is 8.02. The van der Waals surface area contributed by atoms with Gasteiger partial charge in [0.15, 0.2) is 0 Å². The number of aliphatic hydroxyl groups is 1. The molecule has 0 radical (unpaired) electrons. The Morgan fingerprint density at radius 3 is 2.91 bits per heavy atom. The summed E-state index contributed by atoms with van der Waals surface area (Å²) < 4.78 is 5.39. The van der Waals surface area contributed by atoms with Gasteiger partial charge in [-0.1, -0.05) is 12.1 Å². The number of nitrogens with zero attached hydrogens (tertiary/aromatic N) is 1. The third kappa shape index (κ3) is 4.82. The molecule has 2 rings (SSSR count). The smallest absolute Gasteiger partial charge is 0.253 e. The lowest BCUT2D eigenvalue weighted by Crippen LogP contribution is -2.42. The molecule has 1 saturated heterocycles. The molecule has 4 nitrogen and oxygen atoms in total. The van der Waals surface area contributed by atoms with E-state index >= 15 is 0 Å². The van der Waals surface area contributed by atoms with Gasteiger partial charge in [-0.15, -0.1) is 0 Å². The van der Waals surface area contributed by atoms with E-state index in [1.807, 2.05) is 29.2 Å². The second kappa shape index (κ2) is 7.25. The Bertz CT molecular complexity index is 507. The van der Waals surface area contributed by atoms with Crippen LogP contribution >= 0.6 is 0 Å². The SMILES string of the molecule is COC1CCCN(C(=O)c2cccc(CCC(C)(C)O)c2)C1. The predicted octanol–water partition coefficient (Wildman–Crippen LogP) is 2.64. The van der Waals surface area contributed by atoms with Crippen molar-refractivity contribution >= 4 is 5.91 Å². The molecule has 1 fully saturated rings. The molecule has 1 unspecified atom stereocenters. The van der Waals surface area contributed by atoms with Crippen molar-refractivity contribution in [1.82, 2.24) is 4.90 Å². The van der Waals surface area contributed by atoms with Gasteiger partial charge in [-0.2, -0.15) is 0 Å². The summed E-state index contributed by atoms with van der Waals surface area (Å²) in [5.74, 6) is 0.0758. The van der Waals surface area contributed by atoms with Gasteiger partial charge >= 0.3 is 0 Å². The molecule has 0 bridgehead atoms. The van der Waals surface area contributed by atoms with E-state index in [0.29, 0.717) is 13.0 Å². The molecule has 0 aromatic heterocycles. The summed E-state index contributed by atoms with van der Waals surface area (Å²) in [5.41, 5.74) is 1.14. The summed E-state index contributed by atoms with van der Waals surface area (Å²) in [5, 5.41) is 9.83. The molecule has 22 heavy (non-hydrogen) atoms. The number of carbonyl (C=O) groups excluding carboxylic acids is 1. The van der Waals surface area contributed by atoms with Crippen LogP contribution in [-0.2, 0) is 11.2 Å². The Kier molecular flexibility index (Phi) is 5.59. The molecule has 122 valence electrons. The quantitative estimate of drug-likeness (QED) is 0.910. The van der Waals surface area contributed by atoms with Gasteiger partial charge < -0.3 is 14.7 Å². The minimum Gasteiger partial charge on any atom is -0.390 e. The summed E-state index contributed by atoms with van der Waals surface area (Å²) in [4.78, 5) is 14.5. The van der Waals surface area contributed by atoms with Crippen molar-refractivity contribution in [1.29, 1.82) is 0 Å². The van der Waals surface area contributed by atoms with Gasteiger partial charge in [0.25, 0.3) is 5.91 Å². The highest BCUT2D eigenvalue weighted by Crippen LogP contribution is 2.18. The molecule has 1 heterocycles. The highest BCUT2D eigenvalue weighted by atomic mass is 16.5. The third-order valence-corrected chi connectivity index (χ3v) is 4.20. The molecular weight excluding hydrogens is 278 g/mol. The van der Waals surface area contributed by atoms with Gasteiger partial charge in [0.05, 0.1) is 11.7 Å². The van der Waals surface area contributed by atoms with E-state index in [2.05, 4.69) is 0 Å². The maximum absolute atomic E-state index is 12.6. The van der Waals surface area contributed by atoms with Crippen molar-refractivity contribution in [3.8, 4) is 0 Å². The number of hydrogen-bond donors (Lipinski definition) is 1. The average Bonchev–Trinajstić information content (AvgIpc) is 2.52. The molecule has 1 N–H and O–H groups in total. The molecule has 4 heteroatoms. The monoisotopic (exact) mass is 305 g/mol. The maximum Gasteiger partial charge on any atom is 0.253 e. The highest BCUT2D eigenvalue weighted by Gasteiger charge is 2.24. The summed E-state index contributed by atoms with van der Waals surface area (Å²) in [6, 6.07) is 7.75. The summed E-state index contributed by atoms with van der Waals surface area (Å²) in [6.45, 7) is 5.08. The van der Waals surface area contributed by atoms with Crippen molar-refractivity contribution in [3.63, 3.8) is 0 Å². The van der Waals surface area contributed by atoms with Gasteiger partial charge in [0, 0.05) is 25.8 Å². The summed E-state index contributed by atoms with van der Waals surface area (Å²) >= 11 is 0. The van der Waals surface area contributed by atoms with Crippen molar-refractivity contribution in [3.05, 3.63) is 35.4 Å². The molecule has 1 amide bonds. The van der Waals surface area contributed by atoms with Crippen LogP contribution in [0.4, 0.5) is 0 Å². The second-order valence-corrected chi connectivity index (χ2v) is 6.76. The molecule has 0 spiro atoms. The number of methoxy groups -OCH3 is 1. The lowest BCUT2D eigenvalue weighted by atomic mass is 9.97. The van der Waals surface area contributed by atoms with Crippen LogP contribution in [0.5, 0.6) is 0 Å². The van der Waals surface area contributed by atoms with Crippen LogP contribution in [0.15, 0.2) is 24.3 Å². The van der Waals surface area contributed by atoms with E-state index in [-0.39, 0.29) is 12.0 Å². The van der Waals surface area contributed by atoms with Crippen LogP contribution in [0.2, 0.25) is 0 Å². The zero-order valence-electron chi connectivity index (χ0n) is 13.8. The van der Waals surface area contributed by atoms with Crippen molar-refractivity contribution in [2.75, 3.05) is 20.2 Å². The Hall–Kier alpha value is -1.39. The Labute approximate surface area is 133 Å². The highest BCUT2D eigenvalue weighted by molar-refractivity contribution is 5.94. The molecule has 1 atom stereocenters. The van der Waals surface area contributed by atoms with E-state index in [9.17, 15) is 9.90 Å². The van der Waals surface area contributed by atoms with Gasteiger partial charge in [0.1, 0.15) is 0 Å². The van der Waals surface area contributed by atoms with Crippen LogP contribution in [0.1, 0.15) is 49.0 Å². The minimum absolute atomic E-state index is 0.0758. The van der Waals surface area contributed by atoms with Crippen LogP contribution < -0.4 is 0 Å². The first-order valence-electron chi connectivity index (χ1n) is 8.02. The van der Waals surface area contributed by atoms with Crippen molar-refractivity contribution in [2.24, 2.45) is 0 Å². The van der Waals surface area contributed by atoms with Gasteiger partial charge in [0.2, 0.25) is 0 Å². The fraction of sp³-hybridized carbons (Fsp3) is 0.611. The molecule has 1 aliphatic rings. The van der Waals surface area contributed by atoms with Crippen LogP contribution in [0.25, 0.3) is 0 Å². The summed E-state index contributed by atoms with van der Waals surface area (Å²) in [7, 11) is 1.70. The van der Waals surface area contributed by atoms with Crippen molar-refractivity contribution < 1.29 is 14.6 Å². The Morgan fingerprint density at radius 2 is 2.23 bits per heavy atom. The van der Waals surface area contributed by atoms with E-state index < -0.39 is 5.60 Å². The zero-order chi connectivity index (χ0) is 16.2. The van der Waals surface area contributed by atoms with E-state index in [1.54, 1.807) is 21.0 Å². The van der Waals surface area contributed by atoms with Crippen LogP contribution in [-0.4, -0.2) is 47.8 Å². The lowest BCUT2D eigenvalue weighted by molar-refractivity contribution is 0.0269. The number of aryl methyl sites for hydroxylation is 1.